The minimum Gasteiger partial charge on any atom is -0.466 e. The van der Waals surface area contributed by atoms with Crippen LogP contribution in [-0.4, -0.2) is 16.3 Å². The maximum absolute atomic E-state index is 5.58. The van der Waals surface area contributed by atoms with Gasteiger partial charge in [0, 0.05) is 23.8 Å². The summed E-state index contributed by atoms with van der Waals surface area (Å²) in [5.41, 5.74) is 3.58. The number of hydrogen-bond donors (Lipinski definition) is 1. The van der Waals surface area contributed by atoms with Crippen molar-refractivity contribution in [3.63, 3.8) is 0 Å². The van der Waals surface area contributed by atoms with E-state index in [0.717, 1.165) is 36.7 Å². The van der Waals surface area contributed by atoms with Crippen molar-refractivity contribution in [1.82, 2.24) is 15.1 Å². The normalized spacial score (nSPS) is 12.8. The van der Waals surface area contributed by atoms with Gasteiger partial charge in [-0.2, -0.15) is 5.10 Å². The van der Waals surface area contributed by atoms with Crippen molar-refractivity contribution in [3.05, 3.63) is 40.6 Å². The van der Waals surface area contributed by atoms with E-state index in [1.807, 2.05) is 20.8 Å². The molecule has 0 saturated carbocycles. The molecule has 0 fully saturated rings. The molecule has 2 aromatic rings. The van der Waals surface area contributed by atoms with Crippen LogP contribution in [0.1, 0.15) is 47.9 Å². The average molecular weight is 275 g/mol. The molecular formula is C16H25N3O. The molecule has 20 heavy (non-hydrogen) atoms. The van der Waals surface area contributed by atoms with Gasteiger partial charge in [-0.05, 0) is 59.7 Å². The molecule has 0 aliphatic rings. The van der Waals surface area contributed by atoms with Crippen molar-refractivity contribution in [2.24, 2.45) is 0 Å². The molecule has 0 saturated heterocycles. The van der Waals surface area contributed by atoms with Crippen molar-refractivity contribution >= 4 is 0 Å². The molecule has 4 nitrogen and oxygen atoms in total. The Morgan fingerprint density at radius 1 is 1.25 bits per heavy atom. The third-order valence-corrected chi connectivity index (χ3v) is 3.65. The van der Waals surface area contributed by atoms with Gasteiger partial charge in [0.15, 0.2) is 0 Å². The largest absolute Gasteiger partial charge is 0.466 e. The van der Waals surface area contributed by atoms with Crippen LogP contribution in [0.3, 0.4) is 0 Å². The first-order valence-electron chi connectivity index (χ1n) is 7.28. The summed E-state index contributed by atoms with van der Waals surface area (Å²) in [5, 5.41) is 8.02. The van der Waals surface area contributed by atoms with Crippen molar-refractivity contribution < 1.29 is 4.42 Å². The highest BCUT2D eigenvalue weighted by Gasteiger charge is 2.11. The van der Waals surface area contributed by atoms with Gasteiger partial charge in [0.05, 0.1) is 5.69 Å². The highest BCUT2D eigenvalue weighted by molar-refractivity contribution is 5.23. The topological polar surface area (TPSA) is 43.0 Å². The van der Waals surface area contributed by atoms with Crippen LogP contribution in [0.2, 0.25) is 0 Å². The Hall–Kier alpha value is -1.55. The second kappa shape index (κ2) is 6.27. The third kappa shape index (κ3) is 3.51. The van der Waals surface area contributed by atoms with E-state index in [4.69, 9.17) is 4.42 Å². The lowest BCUT2D eigenvalue weighted by Crippen LogP contribution is -2.21. The van der Waals surface area contributed by atoms with Gasteiger partial charge >= 0.3 is 0 Å². The zero-order valence-electron chi connectivity index (χ0n) is 13.2. The van der Waals surface area contributed by atoms with Gasteiger partial charge < -0.3 is 9.73 Å². The molecule has 0 spiro atoms. The van der Waals surface area contributed by atoms with Gasteiger partial charge in [0.25, 0.3) is 0 Å². The molecular weight excluding hydrogens is 250 g/mol. The third-order valence-electron chi connectivity index (χ3n) is 3.65. The highest BCUT2D eigenvalue weighted by Crippen LogP contribution is 2.20. The van der Waals surface area contributed by atoms with E-state index in [1.54, 1.807) is 0 Å². The standard InChI is InChI=1S/C16H25N3O/c1-11-9-12(2)19(18-11)8-6-7-17-14(4)16-10-13(3)20-15(16)5/h9-10,14,17H,6-8H2,1-5H3. The summed E-state index contributed by atoms with van der Waals surface area (Å²) in [6, 6.07) is 4.56. The number of hydrogen-bond acceptors (Lipinski definition) is 3. The first kappa shape index (κ1) is 14.9. The Bertz CT molecular complexity index is 568. The van der Waals surface area contributed by atoms with E-state index in [9.17, 15) is 0 Å². The fourth-order valence-corrected chi connectivity index (χ4v) is 2.64. The summed E-state index contributed by atoms with van der Waals surface area (Å²) in [6.45, 7) is 12.3. The summed E-state index contributed by atoms with van der Waals surface area (Å²) >= 11 is 0. The van der Waals surface area contributed by atoms with E-state index in [0.29, 0.717) is 6.04 Å². The maximum Gasteiger partial charge on any atom is 0.105 e. The Kier molecular flexibility index (Phi) is 4.65. The van der Waals surface area contributed by atoms with E-state index < -0.39 is 0 Å². The van der Waals surface area contributed by atoms with Crippen LogP contribution >= 0.6 is 0 Å². The number of nitrogens with one attached hydrogen (secondary N) is 1. The number of aryl methyl sites for hydroxylation is 5. The van der Waals surface area contributed by atoms with Crippen LogP contribution in [0.15, 0.2) is 16.5 Å². The molecule has 1 atom stereocenters. The van der Waals surface area contributed by atoms with E-state index in [1.165, 1.54) is 11.3 Å². The summed E-state index contributed by atoms with van der Waals surface area (Å²) in [7, 11) is 0. The smallest absolute Gasteiger partial charge is 0.105 e. The van der Waals surface area contributed by atoms with E-state index in [2.05, 4.69) is 41.1 Å². The lowest BCUT2D eigenvalue weighted by atomic mass is 10.1. The molecule has 0 aliphatic carbocycles. The molecule has 0 aliphatic heterocycles. The Morgan fingerprint density at radius 3 is 2.55 bits per heavy atom. The second-order valence-electron chi connectivity index (χ2n) is 5.55. The SMILES string of the molecule is Cc1cc(C)n(CCCNC(C)c2cc(C)oc2C)n1. The lowest BCUT2D eigenvalue weighted by Gasteiger charge is -2.13. The molecule has 1 N–H and O–H groups in total. The number of furan rings is 1. The monoisotopic (exact) mass is 275 g/mol. The highest BCUT2D eigenvalue weighted by atomic mass is 16.3. The zero-order valence-corrected chi connectivity index (χ0v) is 13.2. The van der Waals surface area contributed by atoms with Gasteiger partial charge in [-0.15, -0.1) is 0 Å². The first-order valence-corrected chi connectivity index (χ1v) is 7.28. The summed E-state index contributed by atoms with van der Waals surface area (Å²) in [5.74, 6) is 2.00. The average Bonchev–Trinajstić information content (AvgIpc) is 2.87. The van der Waals surface area contributed by atoms with Crippen molar-refractivity contribution in [2.45, 2.75) is 53.6 Å². The second-order valence-corrected chi connectivity index (χ2v) is 5.55. The molecule has 0 radical (unpaired) electrons. The van der Waals surface area contributed by atoms with Crippen LogP contribution in [0, 0.1) is 27.7 Å². The van der Waals surface area contributed by atoms with Gasteiger partial charge in [-0.25, -0.2) is 0 Å². The number of rotatable bonds is 6. The predicted octanol–water partition coefficient (Wildman–Crippen LogP) is 3.45. The molecule has 0 aromatic carbocycles. The molecule has 2 heterocycles. The minimum atomic E-state index is 0.327. The molecule has 2 aromatic heterocycles. The molecule has 110 valence electrons. The van der Waals surface area contributed by atoms with Crippen LogP contribution in [0.25, 0.3) is 0 Å². The van der Waals surface area contributed by atoms with Gasteiger partial charge in [-0.3, -0.25) is 4.68 Å². The summed E-state index contributed by atoms with van der Waals surface area (Å²) in [6.07, 6.45) is 1.07. The number of nitrogens with zero attached hydrogens (tertiary/aromatic N) is 2. The zero-order chi connectivity index (χ0) is 14.7. The quantitative estimate of drug-likeness (QED) is 0.821. The Labute approximate surface area is 121 Å². The molecule has 4 heteroatoms. The lowest BCUT2D eigenvalue weighted by molar-refractivity contribution is 0.478. The van der Waals surface area contributed by atoms with Gasteiger partial charge in [0.2, 0.25) is 0 Å². The summed E-state index contributed by atoms with van der Waals surface area (Å²) < 4.78 is 7.65. The van der Waals surface area contributed by atoms with Gasteiger partial charge in [0.1, 0.15) is 11.5 Å². The van der Waals surface area contributed by atoms with E-state index >= 15 is 0 Å². The molecule has 1 unspecified atom stereocenters. The van der Waals surface area contributed by atoms with Gasteiger partial charge in [-0.1, -0.05) is 0 Å². The minimum absolute atomic E-state index is 0.327. The predicted molar refractivity (Wildman–Crippen MR) is 80.9 cm³/mol. The molecule has 0 amide bonds. The van der Waals surface area contributed by atoms with Crippen LogP contribution in [0.5, 0.6) is 0 Å². The maximum atomic E-state index is 5.58. The van der Waals surface area contributed by atoms with Crippen LogP contribution in [-0.2, 0) is 6.54 Å². The molecule has 2 rings (SSSR count). The van der Waals surface area contributed by atoms with Crippen molar-refractivity contribution in [3.8, 4) is 0 Å². The van der Waals surface area contributed by atoms with Crippen LogP contribution < -0.4 is 5.32 Å². The fourth-order valence-electron chi connectivity index (χ4n) is 2.64. The molecule has 0 bridgehead atoms. The Morgan fingerprint density at radius 2 is 2.00 bits per heavy atom. The van der Waals surface area contributed by atoms with Crippen LogP contribution in [0.4, 0.5) is 0 Å². The fraction of sp³-hybridized carbons (Fsp3) is 0.562. The number of aromatic nitrogens is 2. The Balaban J connectivity index is 1.78. The van der Waals surface area contributed by atoms with Crippen molar-refractivity contribution in [2.75, 3.05) is 6.54 Å². The van der Waals surface area contributed by atoms with Crippen molar-refractivity contribution in [1.29, 1.82) is 0 Å². The summed E-state index contributed by atoms with van der Waals surface area (Å²) in [4.78, 5) is 0. The first-order chi connectivity index (χ1) is 9.47. The van der Waals surface area contributed by atoms with E-state index in [-0.39, 0.29) is 0 Å².